The van der Waals surface area contributed by atoms with Crippen molar-refractivity contribution in [3.63, 3.8) is 0 Å². The van der Waals surface area contributed by atoms with Gasteiger partial charge in [0.15, 0.2) is 10.9 Å². The van der Waals surface area contributed by atoms with Gasteiger partial charge in [-0.2, -0.15) is 0 Å². The summed E-state index contributed by atoms with van der Waals surface area (Å²) in [6, 6.07) is 21.3. The van der Waals surface area contributed by atoms with E-state index in [-0.39, 0.29) is 5.15 Å². The summed E-state index contributed by atoms with van der Waals surface area (Å²) in [5.41, 5.74) is 2.09. The summed E-state index contributed by atoms with van der Waals surface area (Å²) in [7, 11) is 0. The molecule has 0 saturated heterocycles. The fraction of sp³-hybridized carbons (Fsp3) is 0.111. The molecule has 3 aromatic rings. The van der Waals surface area contributed by atoms with E-state index in [1.54, 1.807) is 6.07 Å². The molecule has 0 amide bonds. The van der Waals surface area contributed by atoms with E-state index in [0.29, 0.717) is 24.8 Å². The first-order valence-corrected chi connectivity index (χ1v) is 7.56. The van der Waals surface area contributed by atoms with Crippen LogP contribution in [0.2, 0.25) is 5.15 Å². The molecule has 4 nitrogen and oxygen atoms in total. The number of ether oxygens (including phenoxy) is 2. The number of rotatable bonds is 6. The van der Waals surface area contributed by atoms with Gasteiger partial charge in [0.05, 0.1) is 0 Å². The molecular weight excluding hydrogens is 312 g/mol. The van der Waals surface area contributed by atoms with Gasteiger partial charge >= 0.3 is 0 Å². The molecule has 1 heterocycles. The summed E-state index contributed by atoms with van der Waals surface area (Å²) in [6.07, 6.45) is 0. The average Bonchev–Trinajstić information content (AvgIpc) is 2.61. The Hall–Kier alpha value is -2.59. The standard InChI is InChI=1S/C18H15ClN2O2/c19-17-11-16(22-12-14-7-3-1-4-8-14)18(21-20-17)23-13-15-9-5-2-6-10-15/h1-11H,12-13H2. The Kier molecular flexibility index (Phi) is 5.06. The molecule has 0 radical (unpaired) electrons. The molecule has 0 aliphatic heterocycles. The first kappa shape index (κ1) is 15.3. The van der Waals surface area contributed by atoms with Crippen molar-refractivity contribution in [2.45, 2.75) is 13.2 Å². The highest BCUT2D eigenvalue weighted by molar-refractivity contribution is 6.29. The van der Waals surface area contributed by atoms with Crippen LogP contribution in [0.4, 0.5) is 0 Å². The highest BCUT2D eigenvalue weighted by Crippen LogP contribution is 2.27. The number of benzene rings is 2. The van der Waals surface area contributed by atoms with Crippen molar-refractivity contribution in [3.05, 3.63) is 83.0 Å². The van der Waals surface area contributed by atoms with Crippen LogP contribution < -0.4 is 9.47 Å². The number of halogens is 1. The van der Waals surface area contributed by atoms with Crippen molar-refractivity contribution < 1.29 is 9.47 Å². The third-order valence-corrected chi connectivity index (χ3v) is 3.34. The van der Waals surface area contributed by atoms with Crippen LogP contribution >= 0.6 is 11.6 Å². The smallest absolute Gasteiger partial charge is 0.276 e. The van der Waals surface area contributed by atoms with Gasteiger partial charge in [0.25, 0.3) is 5.88 Å². The van der Waals surface area contributed by atoms with E-state index in [1.807, 2.05) is 60.7 Å². The zero-order valence-electron chi connectivity index (χ0n) is 12.4. The first-order chi connectivity index (χ1) is 11.3. The van der Waals surface area contributed by atoms with Gasteiger partial charge in [-0.15, -0.1) is 10.2 Å². The van der Waals surface area contributed by atoms with E-state index in [9.17, 15) is 0 Å². The van der Waals surface area contributed by atoms with Crippen molar-refractivity contribution in [2.24, 2.45) is 0 Å². The molecule has 0 saturated carbocycles. The fourth-order valence-electron chi connectivity index (χ4n) is 2.01. The third kappa shape index (κ3) is 4.44. The second-order valence-electron chi connectivity index (χ2n) is 4.89. The number of aromatic nitrogens is 2. The molecule has 116 valence electrons. The van der Waals surface area contributed by atoms with E-state index in [2.05, 4.69) is 10.2 Å². The summed E-state index contributed by atoms with van der Waals surface area (Å²) < 4.78 is 11.5. The highest BCUT2D eigenvalue weighted by atomic mass is 35.5. The quantitative estimate of drug-likeness (QED) is 0.678. The maximum absolute atomic E-state index is 5.91. The molecule has 0 N–H and O–H groups in total. The van der Waals surface area contributed by atoms with E-state index in [0.717, 1.165) is 11.1 Å². The second-order valence-corrected chi connectivity index (χ2v) is 5.27. The van der Waals surface area contributed by atoms with Crippen LogP contribution in [-0.4, -0.2) is 10.2 Å². The Morgan fingerprint density at radius 2 is 1.30 bits per heavy atom. The third-order valence-electron chi connectivity index (χ3n) is 3.15. The molecule has 0 fully saturated rings. The Bertz CT molecular complexity index is 751. The largest absolute Gasteiger partial charge is 0.483 e. The van der Waals surface area contributed by atoms with Gasteiger partial charge in [-0.05, 0) is 11.1 Å². The minimum absolute atomic E-state index is 0.264. The zero-order chi connectivity index (χ0) is 15.9. The molecule has 3 rings (SSSR count). The van der Waals surface area contributed by atoms with Gasteiger partial charge in [0.1, 0.15) is 13.2 Å². The maximum Gasteiger partial charge on any atom is 0.276 e. The van der Waals surface area contributed by atoms with Crippen LogP contribution in [-0.2, 0) is 13.2 Å². The molecule has 23 heavy (non-hydrogen) atoms. The van der Waals surface area contributed by atoms with Crippen LogP contribution in [0.1, 0.15) is 11.1 Å². The number of hydrogen-bond acceptors (Lipinski definition) is 4. The molecule has 5 heteroatoms. The lowest BCUT2D eigenvalue weighted by atomic mass is 10.2. The lowest BCUT2D eigenvalue weighted by Crippen LogP contribution is -2.03. The van der Waals surface area contributed by atoms with Crippen LogP contribution in [0.25, 0.3) is 0 Å². The molecular formula is C18H15ClN2O2. The Balaban J connectivity index is 1.70. The van der Waals surface area contributed by atoms with Crippen LogP contribution in [0.3, 0.4) is 0 Å². The van der Waals surface area contributed by atoms with Crippen molar-refractivity contribution in [1.82, 2.24) is 10.2 Å². The van der Waals surface area contributed by atoms with Crippen molar-refractivity contribution >= 4 is 11.6 Å². The second kappa shape index (κ2) is 7.61. The van der Waals surface area contributed by atoms with Crippen molar-refractivity contribution in [1.29, 1.82) is 0 Å². The van der Waals surface area contributed by atoms with E-state index < -0.39 is 0 Å². The molecule has 2 aromatic carbocycles. The summed E-state index contributed by atoms with van der Waals surface area (Å²) in [6.45, 7) is 0.795. The van der Waals surface area contributed by atoms with Gasteiger partial charge in [-0.1, -0.05) is 72.3 Å². The molecule has 0 unspecified atom stereocenters. The lowest BCUT2D eigenvalue weighted by molar-refractivity contribution is 0.244. The predicted octanol–water partition coefficient (Wildman–Crippen LogP) is 4.29. The van der Waals surface area contributed by atoms with E-state index in [1.165, 1.54) is 0 Å². The van der Waals surface area contributed by atoms with Gasteiger partial charge in [-0.25, -0.2) is 0 Å². The minimum atomic E-state index is 0.264. The summed E-state index contributed by atoms with van der Waals surface area (Å²) in [4.78, 5) is 0. The Morgan fingerprint density at radius 1 is 0.739 bits per heavy atom. The van der Waals surface area contributed by atoms with E-state index in [4.69, 9.17) is 21.1 Å². The SMILES string of the molecule is Clc1cc(OCc2ccccc2)c(OCc2ccccc2)nn1. The van der Waals surface area contributed by atoms with Gasteiger partial charge in [0, 0.05) is 6.07 Å². The average molecular weight is 327 g/mol. The van der Waals surface area contributed by atoms with Gasteiger partial charge in [0.2, 0.25) is 0 Å². The maximum atomic E-state index is 5.91. The Morgan fingerprint density at radius 3 is 1.91 bits per heavy atom. The highest BCUT2D eigenvalue weighted by Gasteiger charge is 2.10. The molecule has 0 aliphatic carbocycles. The molecule has 1 aromatic heterocycles. The molecule has 0 spiro atoms. The summed E-state index contributed by atoms with van der Waals surface area (Å²) in [5, 5.41) is 8.06. The van der Waals surface area contributed by atoms with Crippen LogP contribution in [0.5, 0.6) is 11.6 Å². The Labute approximate surface area is 139 Å². The molecule has 0 atom stereocenters. The predicted molar refractivity (Wildman–Crippen MR) is 88.6 cm³/mol. The first-order valence-electron chi connectivity index (χ1n) is 7.18. The monoisotopic (exact) mass is 326 g/mol. The molecule has 0 aliphatic rings. The van der Waals surface area contributed by atoms with E-state index >= 15 is 0 Å². The van der Waals surface area contributed by atoms with Crippen LogP contribution in [0.15, 0.2) is 66.7 Å². The van der Waals surface area contributed by atoms with Gasteiger partial charge in [-0.3, -0.25) is 0 Å². The normalized spacial score (nSPS) is 10.3. The van der Waals surface area contributed by atoms with Gasteiger partial charge < -0.3 is 9.47 Å². The van der Waals surface area contributed by atoms with Crippen LogP contribution in [0, 0.1) is 0 Å². The fourth-order valence-corrected chi connectivity index (χ4v) is 2.14. The minimum Gasteiger partial charge on any atom is -0.483 e. The van der Waals surface area contributed by atoms with Crippen molar-refractivity contribution in [2.75, 3.05) is 0 Å². The molecule has 0 bridgehead atoms. The van der Waals surface area contributed by atoms with Crippen molar-refractivity contribution in [3.8, 4) is 11.6 Å². The topological polar surface area (TPSA) is 44.2 Å². The summed E-state index contributed by atoms with van der Waals surface area (Å²) >= 11 is 5.91. The summed E-state index contributed by atoms with van der Waals surface area (Å²) in [5.74, 6) is 0.805. The zero-order valence-corrected chi connectivity index (χ0v) is 13.1. The number of nitrogens with zero attached hydrogens (tertiary/aromatic N) is 2. The number of hydrogen-bond donors (Lipinski definition) is 0. The lowest BCUT2D eigenvalue weighted by Gasteiger charge is -2.11.